The average Bonchev–Trinajstić information content (AvgIpc) is 2.27. The number of benzene rings is 1. The van der Waals surface area contributed by atoms with E-state index in [4.69, 9.17) is 5.11 Å². The molecule has 18 heavy (non-hydrogen) atoms. The Morgan fingerprint density at radius 3 is 1.89 bits per heavy atom. The summed E-state index contributed by atoms with van der Waals surface area (Å²) in [6, 6.07) is 8.18. The van der Waals surface area contributed by atoms with Crippen LogP contribution in [-0.2, 0) is 15.7 Å². The largest absolute Gasteiger partial charge is 0.481 e. The smallest absolute Gasteiger partial charge is 0.305 e. The summed E-state index contributed by atoms with van der Waals surface area (Å²) < 4.78 is 0. The highest BCUT2D eigenvalue weighted by atomic mass is 16.4. The molecular weight excluding hydrogens is 226 g/mol. The van der Waals surface area contributed by atoms with Gasteiger partial charge in [-0.3, -0.25) is 4.79 Å². The first-order valence-corrected chi connectivity index (χ1v) is 6.21. The van der Waals surface area contributed by atoms with Crippen molar-refractivity contribution in [3.63, 3.8) is 0 Å². The summed E-state index contributed by atoms with van der Waals surface area (Å²) in [4.78, 5) is 10.9. The molecule has 0 saturated heterocycles. The van der Waals surface area contributed by atoms with Crippen LogP contribution in [0.2, 0.25) is 0 Å². The molecule has 0 aliphatic heterocycles. The Kier molecular flexibility index (Phi) is 4.17. The molecule has 0 spiro atoms. The minimum absolute atomic E-state index is 0.0678. The minimum Gasteiger partial charge on any atom is -0.481 e. The maximum absolute atomic E-state index is 10.9. The Morgan fingerprint density at radius 1 is 1.11 bits per heavy atom. The zero-order chi connectivity index (χ0) is 14.0. The molecule has 100 valence electrons. The van der Waals surface area contributed by atoms with E-state index in [1.54, 1.807) is 7.05 Å². The molecule has 0 fully saturated rings. The normalized spacial score (nSPS) is 15.2. The Balaban J connectivity index is 3.06. The number of hydrogen-bond acceptors (Lipinski definition) is 2. The highest BCUT2D eigenvalue weighted by Gasteiger charge is 2.28. The number of carbonyl (C=O) groups is 1. The van der Waals surface area contributed by atoms with Crippen LogP contribution in [0.1, 0.15) is 45.2 Å². The van der Waals surface area contributed by atoms with Gasteiger partial charge in [-0.15, -0.1) is 0 Å². The summed E-state index contributed by atoms with van der Waals surface area (Å²) in [6.07, 6.45) is 0.0678. The van der Waals surface area contributed by atoms with Gasteiger partial charge in [0.05, 0.1) is 12.0 Å². The quantitative estimate of drug-likeness (QED) is 0.862. The number of nitrogens with one attached hydrogen (secondary N) is 1. The molecule has 3 heteroatoms. The molecule has 1 aromatic rings. The van der Waals surface area contributed by atoms with Gasteiger partial charge >= 0.3 is 5.97 Å². The van der Waals surface area contributed by atoms with Gasteiger partial charge in [0.2, 0.25) is 0 Å². The molecule has 1 unspecified atom stereocenters. The van der Waals surface area contributed by atoms with Gasteiger partial charge in [-0.05, 0) is 30.5 Å². The summed E-state index contributed by atoms with van der Waals surface area (Å²) in [5.41, 5.74) is 1.84. The predicted molar refractivity (Wildman–Crippen MR) is 73.8 cm³/mol. The van der Waals surface area contributed by atoms with Crippen LogP contribution in [-0.4, -0.2) is 18.1 Å². The predicted octanol–water partition coefficient (Wildman–Crippen LogP) is 2.89. The molecular formula is C15H23NO2. The van der Waals surface area contributed by atoms with Crippen molar-refractivity contribution in [2.75, 3.05) is 7.05 Å². The van der Waals surface area contributed by atoms with Crippen molar-refractivity contribution in [1.82, 2.24) is 5.32 Å². The second-order valence-corrected chi connectivity index (χ2v) is 5.98. The fourth-order valence-corrected chi connectivity index (χ4v) is 1.98. The zero-order valence-corrected chi connectivity index (χ0v) is 11.9. The van der Waals surface area contributed by atoms with Gasteiger partial charge < -0.3 is 10.4 Å². The lowest BCUT2D eigenvalue weighted by molar-refractivity contribution is -0.138. The third-order valence-electron chi connectivity index (χ3n) is 3.44. The van der Waals surface area contributed by atoms with Crippen molar-refractivity contribution in [3.05, 3.63) is 35.4 Å². The molecule has 0 radical (unpaired) electrons. The maximum Gasteiger partial charge on any atom is 0.305 e. The molecule has 0 bridgehead atoms. The van der Waals surface area contributed by atoms with Gasteiger partial charge in [-0.1, -0.05) is 45.0 Å². The number of rotatable bonds is 4. The first-order chi connectivity index (χ1) is 8.19. The molecule has 0 heterocycles. The van der Waals surface area contributed by atoms with Crippen LogP contribution >= 0.6 is 0 Å². The van der Waals surface area contributed by atoms with Crippen LogP contribution in [0, 0.1) is 0 Å². The van der Waals surface area contributed by atoms with Crippen LogP contribution in [0.25, 0.3) is 0 Å². The van der Waals surface area contributed by atoms with Crippen LogP contribution in [0.4, 0.5) is 0 Å². The Bertz CT molecular complexity index is 417. The van der Waals surface area contributed by atoms with Crippen molar-refractivity contribution < 1.29 is 9.90 Å². The summed E-state index contributed by atoms with van der Waals surface area (Å²) >= 11 is 0. The number of carboxylic acids is 1. The monoisotopic (exact) mass is 249 g/mol. The molecule has 0 amide bonds. The lowest BCUT2D eigenvalue weighted by Crippen LogP contribution is -2.39. The van der Waals surface area contributed by atoms with E-state index in [1.807, 2.05) is 19.1 Å². The molecule has 1 aromatic carbocycles. The number of aliphatic carboxylic acids is 1. The van der Waals surface area contributed by atoms with Gasteiger partial charge in [-0.25, -0.2) is 0 Å². The fraction of sp³-hybridized carbons (Fsp3) is 0.533. The van der Waals surface area contributed by atoms with Crippen molar-refractivity contribution in [2.24, 2.45) is 0 Å². The average molecular weight is 249 g/mol. The summed E-state index contributed by atoms with van der Waals surface area (Å²) in [7, 11) is 1.79. The van der Waals surface area contributed by atoms with Crippen molar-refractivity contribution >= 4 is 5.97 Å². The lowest BCUT2D eigenvalue weighted by Gasteiger charge is -2.29. The highest BCUT2D eigenvalue weighted by molar-refractivity contribution is 5.68. The summed E-state index contributed by atoms with van der Waals surface area (Å²) in [5.74, 6) is -0.799. The molecule has 2 N–H and O–H groups in total. The zero-order valence-electron chi connectivity index (χ0n) is 11.9. The van der Waals surface area contributed by atoms with Crippen LogP contribution < -0.4 is 5.32 Å². The van der Waals surface area contributed by atoms with Gasteiger partial charge in [0, 0.05) is 0 Å². The van der Waals surface area contributed by atoms with E-state index in [2.05, 4.69) is 38.2 Å². The Hall–Kier alpha value is -1.35. The van der Waals surface area contributed by atoms with Crippen LogP contribution in [0.15, 0.2) is 24.3 Å². The van der Waals surface area contributed by atoms with Gasteiger partial charge in [-0.2, -0.15) is 0 Å². The van der Waals surface area contributed by atoms with Gasteiger partial charge in [0.15, 0.2) is 0 Å². The highest BCUT2D eigenvalue weighted by Crippen LogP contribution is 2.28. The van der Waals surface area contributed by atoms with Crippen molar-refractivity contribution in [2.45, 2.75) is 45.1 Å². The van der Waals surface area contributed by atoms with E-state index in [0.29, 0.717) is 0 Å². The van der Waals surface area contributed by atoms with E-state index < -0.39 is 11.5 Å². The second-order valence-electron chi connectivity index (χ2n) is 5.98. The lowest BCUT2D eigenvalue weighted by atomic mass is 9.83. The molecule has 0 saturated carbocycles. The molecule has 1 atom stereocenters. The van der Waals surface area contributed by atoms with Crippen LogP contribution in [0.5, 0.6) is 0 Å². The molecule has 0 aliphatic rings. The number of carboxylic acid groups (broad SMARTS) is 1. The second kappa shape index (κ2) is 5.11. The minimum atomic E-state index is -0.799. The Labute approximate surface area is 109 Å². The molecule has 1 rings (SSSR count). The van der Waals surface area contributed by atoms with Crippen molar-refractivity contribution in [1.29, 1.82) is 0 Å². The molecule has 3 nitrogen and oxygen atoms in total. The maximum atomic E-state index is 10.9. The third-order valence-corrected chi connectivity index (χ3v) is 3.44. The van der Waals surface area contributed by atoms with E-state index >= 15 is 0 Å². The Morgan fingerprint density at radius 2 is 1.56 bits per heavy atom. The van der Waals surface area contributed by atoms with E-state index in [9.17, 15) is 4.79 Å². The molecule has 0 aromatic heterocycles. The van der Waals surface area contributed by atoms with Gasteiger partial charge in [0.1, 0.15) is 0 Å². The summed E-state index contributed by atoms with van der Waals surface area (Å²) in [5, 5.41) is 12.1. The van der Waals surface area contributed by atoms with E-state index in [1.165, 1.54) is 5.56 Å². The van der Waals surface area contributed by atoms with Crippen LogP contribution in [0.3, 0.4) is 0 Å². The first-order valence-electron chi connectivity index (χ1n) is 6.21. The summed E-state index contributed by atoms with van der Waals surface area (Å²) in [6.45, 7) is 8.40. The third kappa shape index (κ3) is 3.33. The standard InChI is InChI=1S/C15H23NO2/c1-14(2,3)11-6-8-12(9-7-11)15(4,16-5)10-13(17)18/h6-9,16H,10H2,1-5H3,(H,17,18). The SMILES string of the molecule is CNC(C)(CC(=O)O)c1ccc(C(C)(C)C)cc1. The van der Waals surface area contributed by atoms with E-state index in [-0.39, 0.29) is 11.8 Å². The fourth-order valence-electron chi connectivity index (χ4n) is 1.98. The number of hydrogen-bond donors (Lipinski definition) is 2. The first kappa shape index (κ1) is 14.7. The van der Waals surface area contributed by atoms with Gasteiger partial charge in [0.25, 0.3) is 0 Å². The topological polar surface area (TPSA) is 49.3 Å². The molecule has 0 aliphatic carbocycles. The van der Waals surface area contributed by atoms with Crippen molar-refractivity contribution in [3.8, 4) is 0 Å². The van der Waals surface area contributed by atoms with E-state index in [0.717, 1.165) is 5.56 Å².